The number of nitrogens with two attached hydrogens (primary N) is 1. The Hall–Kier alpha value is -2.25. The standard InChI is InChI=1S/C13H13ClN6O/c14-10-3-1-2-9(4-10)5-12-16-13(21-18-12)8-20-7-11(6-15)17-19-20/h1-4,7H,5-6,8,15H2. The van der Waals surface area contributed by atoms with Gasteiger partial charge in [0.1, 0.15) is 6.54 Å². The van der Waals surface area contributed by atoms with Gasteiger partial charge < -0.3 is 10.3 Å². The lowest BCUT2D eigenvalue weighted by atomic mass is 10.1. The fourth-order valence-corrected chi connectivity index (χ4v) is 2.12. The maximum atomic E-state index is 5.95. The van der Waals surface area contributed by atoms with E-state index in [1.807, 2.05) is 24.3 Å². The maximum absolute atomic E-state index is 5.95. The molecule has 0 fully saturated rings. The van der Waals surface area contributed by atoms with Gasteiger partial charge in [0.2, 0.25) is 5.89 Å². The molecule has 7 nitrogen and oxygen atoms in total. The first-order chi connectivity index (χ1) is 10.2. The summed E-state index contributed by atoms with van der Waals surface area (Å²) in [5.74, 6) is 1.08. The normalized spacial score (nSPS) is 11.0. The highest BCUT2D eigenvalue weighted by molar-refractivity contribution is 6.30. The summed E-state index contributed by atoms with van der Waals surface area (Å²) in [7, 11) is 0. The molecule has 0 bridgehead atoms. The molecule has 0 saturated heterocycles. The number of benzene rings is 1. The van der Waals surface area contributed by atoms with Gasteiger partial charge in [0.25, 0.3) is 0 Å². The maximum Gasteiger partial charge on any atom is 0.248 e. The van der Waals surface area contributed by atoms with E-state index >= 15 is 0 Å². The molecule has 0 aliphatic carbocycles. The van der Waals surface area contributed by atoms with Crippen LogP contribution in [0.3, 0.4) is 0 Å². The molecule has 21 heavy (non-hydrogen) atoms. The van der Waals surface area contributed by atoms with Crippen LogP contribution in [0.15, 0.2) is 35.0 Å². The van der Waals surface area contributed by atoms with Crippen molar-refractivity contribution in [3.8, 4) is 0 Å². The van der Waals surface area contributed by atoms with Crippen LogP contribution in [0, 0.1) is 0 Å². The lowest BCUT2D eigenvalue weighted by molar-refractivity contribution is 0.360. The molecule has 3 rings (SSSR count). The van der Waals surface area contributed by atoms with E-state index in [9.17, 15) is 0 Å². The fraction of sp³-hybridized carbons (Fsp3) is 0.231. The number of nitrogens with zero attached hydrogens (tertiary/aromatic N) is 5. The van der Waals surface area contributed by atoms with Crippen LogP contribution in [-0.4, -0.2) is 25.1 Å². The number of rotatable bonds is 5. The fourth-order valence-electron chi connectivity index (χ4n) is 1.90. The van der Waals surface area contributed by atoms with Crippen molar-refractivity contribution in [1.29, 1.82) is 0 Å². The van der Waals surface area contributed by atoms with Gasteiger partial charge in [-0.3, -0.25) is 0 Å². The molecule has 0 aliphatic heterocycles. The Morgan fingerprint density at radius 2 is 2.24 bits per heavy atom. The Balaban J connectivity index is 1.68. The lowest BCUT2D eigenvalue weighted by Gasteiger charge is -1.96. The zero-order chi connectivity index (χ0) is 14.7. The molecule has 2 N–H and O–H groups in total. The Morgan fingerprint density at radius 1 is 1.33 bits per heavy atom. The van der Waals surface area contributed by atoms with Crippen molar-refractivity contribution in [3.63, 3.8) is 0 Å². The smallest absolute Gasteiger partial charge is 0.248 e. The summed E-state index contributed by atoms with van der Waals surface area (Å²) in [6.07, 6.45) is 2.32. The second-order valence-corrected chi connectivity index (χ2v) is 4.96. The van der Waals surface area contributed by atoms with E-state index in [-0.39, 0.29) is 0 Å². The molecule has 0 amide bonds. The lowest BCUT2D eigenvalue weighted by Crippen LogP contribution is -2.01. The Bertz CT molecular complexity index is 738. The van der Waals surface area contributed by atoms with Gasteiger partial charge in [-0.15, -0.1) is 5.10 Å². The van der Waals surface area contributed by atoms with Gasteiger partial charge in [0.05, 0.1) is 11.9 Å². The first-order valence-electron chi connectivity index (χ1n) is 6.38. The van der Waals surface area contributed by atoms with Crippen molar-refractivity contribution in [2.75, 3.05) is 0 Å². The third-order valence-corrected chi connectivity index (χ3v) is 3.09. The Morgan fingerprint density at radius 3 is 3.00 bits per heavy atom. The highest BCUT2D eigenvalue weighted by Crippen LogP contribution is 2.13. The summed E-state index contributed by atoms with van der Waals surface area (Å²) < 4.78 is 6.81. The van der Waals surface area contributed by atoms with Gasteiger partial charge in [-0.05, 0) is 17.7 Å². The van der Waals surface area contributed by atoms with E-state index in [4.69, 9.17) is 21.9 Å². The van der Waals surface area contributed by atoms with Crippen LogP contribution in [0.2, 0.25) is 5.02 Å². The van der Waals surface area contributed by atoms with Crippen molar-refractivity contribution in [1.82, 2.24) is 25.1 Å². The van der Waals surface area contributed by atoms with Crippen LogP contribution < -0.4 is 5.73 Å². The molecule has 0 unspecified atom stereocenters. The van der Waals surface area contributed by atoms with Crippen molar-refractivity contribution >= 4 is 11.6 Å². The molecule has 0 saturated carbocycles. The molecule has 8 heteroatoms. The summed E-state index contributed by atoms with van der Waals surface area (Å²) in [6, 6.07) is 7.56. The van der Waals surface area contributed by atoms with E-state index in [0.717, 1.165) is 5.56 Å². The molecule has 0 atom stereocenters. The topological polar surface area (TPSA) is 95.7 Å². The zero-order valence-corrected chi connectivity index (χ0v) is 11.9. The first kappa shape index (κ1) is 13.7. The predicted octanol–water partition coefficient (Wildman–Crippen LogP) is 1.41. The largest absolute Gasteiger partial charge is 0.337 e. The average Bonchev–Trinajstić information content (AvgIpc) is 3.09. The summed E-state index contributed by atoms with van der Waals surface area (Å²) in [6.45, 7) is 0.722. The molecule has 2 aromatic heterocycles. The van der Waals surface area contributed by atoms with E-state index in [0.29, 0.717) is 41.9 Å². The summed E-state index contributed by atoms with van der Waals surface area (Å²) in [5.41, 5.74) is 7.23. The summed E-state index contributed by atoms with van der Waals surface area (Å²) in [4.78, 5) is 4.32. The van der Waals surface area contributed by atoms with Gasteiger partial charge in [-0.2, -0.15) is 4.98 Å². The van der Waals surface area contributed by atoms with Crippen LogP contribution in [-0.2, 0) is 19.5 Å². The van der Waals surface area contributed by atoms with E-state index in [1.165, 1.54) is 0 Å². The second-order valence-electron chi connectivity index (χ2n) is 4.52. The number of hydrogen-bond donors (Lipinski definition) is 1. The molecule has 0 aliphatic rings. The Labute approximate surface area is 125 Å². The third-order valence-electron chi connectivity index (χ3n) is 2.85. The molecular weight excluding hydrogens is 292 g/mol. The quantitative estimate of drug-likeness (QED) is 0.765. The predicted molar refractivity (Wildman–Crippen MR) is 75.6 cm³/mol. The summed E-state index contributed by atoms with van der Waals surface area (Å²) >= 11 is 5.95. The van der Waals surface area contributed by atoms with Gasteiger partial charge >= 0.3 is 0 Å². The van der Waals surface area contributed by atoms with E-state index < -0.39 is 0 Å². The molecular formula is C13H13ClN6O. The van der Waals surface area contributed by atoms with Crippen LogP contribution in [0.5, 0.6) is 0 Å². The highest BCUT2D eigenvalue weighted by Gasteiger charge is 2.09. The van der Waals surface area contributed by atoms with Crippen molar-refractivity contribution in [3.05, 3.63) is 58.5 Å². The van der Waals surface area contributed by atoms with Gasteiger partial charge in [-0.25, -0.2) is 4.68 Å². The van der Waals surface area contributed by atoms with Crippen LogP contribution in [0.4, 0.5) is 0 Å². The average molecular weight is 305 g/mol. The molecule has 2 heterocycles. The van der Waals surface area contributed by atoms with Crippen LogP contribution in [0.1, 0.15) is 23.0 Å². The Kier molecular flexibility index (Phi) is 3.94. The van der Waals surface area contributed by atoms with Crippen LogP contribution >= 0.6 is 11.6 Å². The third kappa shape index (κ3) is 3.45. The van der Waals surface area contributed by atoms with Crippen molar-refractivity contribution in [2.24, 2.45) is 5.73 Å². The minimum Gasteiger partial charge on any atom is -0.337 e. The van der Waals surface area contributed by atoms with E-state index in [2.05, 4.69) is 20.5 Å². The SMILES string of the molecule is NCc1cn(Cc2nc(Cc3cccc(Cl)c3)no2)nn1. The van der Waals surface area contributed by atoms with Crippen molar-refractivity contribution < 1.29 is 4.52 Å². The second kappa shape index (κ2) is 6.02. The molecule has 1 aromatic carbocycles. The first-order valence-corrected chi connectivity index (χ1v) is 6.76. The number of aromatic nitrogens is 5. The highest BCUT2D eigenvalue weighted by atomic mass is 35.5. The molecule has 0 spiro atoms. The zero-order valence-electron chi connectivity index (χ0n) is 11.1. The van der Waals surface area contributed by atoms with Gasteiger partial charge in [-0.1, -0.05) is 34.1 Å². The molecule has 3 aromatic rings. The molecule has 0 radical (unpaired) electrons. The van der Waals surface area contributed by atoms with Crippen LogP contribution in [0.25, 0.3) is 0 Å². The summed E-state index contributed by atoms with van der Waals surface area (Å²) in [5, 5.41) is 12.5. The van der Waals surface area contributed by atoms with Crippen molar-refractivity contribution in [2.45, 2.75) is 19.5 Å². The monoisotopic (exact) mass is 304 g/mol. The number of halogens is 1. The molecule has 108 valence electrons. The number of hydrogen-bond acceptors (Lipinski definition) is 6. The minimum absolute atomic E-state index is 0.351. The van der Waals surface area contributed by atoms with Gasteiger partial charge in [0.15, 0.2) is 5.82 Å². The van der Waals surface area contributed by atoms with E-state index in [1.54, 1.807) is 10.9 Å². The van der Waals surface area contributed by atoms with Gasteiger partial charge in [0, 0.05) is 18.0 Å². The minimum atomic E-state index is 0.351.